The Morgan fingerprint density at radius 3 is 2.27 bits per heavy atom. The minimum Gasteiger partial charge on any atom is -0.512 e. The summed E-state index contributed by atoms with van der Waals surface area (Å²) < 4.78 is 6.08. The Morgan fingerprint density at radius 1 is 0.838 bits per heavy atom. The molecule has 1 N–H and O–H groups in total. The second-order valence-corrected chi connectivity index (χ2v) is 8.92. The summed E-state index contributed by atoms with van der Waals surface area (Å²) in [5.74, 6) is -0.0625. The van der Waals surface area contributed by atoms with Crippen LogP contribution in [0.25, 0.3) is 66.4 Å². The molecule has 0 bridgehead atoms. The molecule has 6 aromatic rings. The first-order valence-electron chi connectivity index (χ1n) is 11.7. The van der Waals surface area contributed by atoms with E-state index in [1.807, 2.05) is 24.3 Å². The molecule has 183 valence electrons. The molecule has 0 fully saturated rings. The molecular formula is C32H22IrNO3-. The Balaban J connectivity index is 0.000000313. The van der Waals surface area contributed by atoms with Gasteiger partial charge in [-0.2, -0.15) is 0 Å². The van der Waals surface area contributed by atoms with Crippen LogP contribution in [-0.4, -0.2) is 15.9 Å². The van der Waals surface area contributed by atoms with Crippen molar-refractivity contribution in [3.8, 4) is 33.5 Å². The summed E-state index contributed by atoms with van der Waals surface area (Å²) in [4.78, 5) is 15.0. The number of carbonyl (C=O) groups excluding carboxylic acids is 1. The zero-order valence-electron chi connectivity index (χ0n) is 20.2. The number of benzene rings is 4. The normalized spacial score (nSPS) is 11.7. The zero-order chi connectivity index (χ0) is 24.8. The van der Waals surface area contributed by atoms with Crippen LogP contribution >= 0.6 is 0 Å². The van der Waals surface area contributed by atoms with Crippen LogP contribution < -0.4 is 0 Å². The number of carbonyl (C=O) groups is 1. The first kappa shape index (κ1) is 24.6. The van der Waals surface area contributed by atoms with E-state index in [4.69, 9.17) is 14.5 Å². The topological polar surface area (TPSA) is 63.3 Å². The van der Waals surface area contributed by atoms with Crippen LogP contribution in [0, 0.1) is 6.07 Å². The summed E-state index contributed by atoms with van der Waals surface area (Å²) in [6.45, 7) is 2.85. The van der Waals surface area contributed by atoms with Gasteiger partial charge < -0.3 is 9.52 Å². The number of fused-ring (bicyclic) bond motifs is 6. The van der Waals surface area contributed by atoms with Crippen molar-refractivity contribution in [3.63, 3.8) is 0 Å². The molecule has 4 nitrogen and oxygen atoms in total. The third-order valence-electron chi connectivity index (χ3n) is 6.34. The van der Waals surface area contributed by atoms with E-state index in [0.717, 1.165) is 38.7 Å². The number of para-hydroxylation sites is 1. The summed E-state index contributed by atoms with van der Waals surface area (Å²) in [5, 5.41) is 11.8. The number of hydrogen-bond donors (Lipinski definition) is 1. The molecule has 0 aliphatic heterocycles. The van der Waals surface area contributed by atoms with Crippen LogP contribution in [0.5, 0.6) is 0 Å². The molecule has 0 saturated carbocycles. The SMILES string of the molecule is CC(=O)C=C(C)O.[Ir].[c-]1cc2c(cc1-c1cc3c4c(cccc4n1)-c1ccccc1-3)oc1ccccc12. The van der Waals surface area contributed by atoms with E-state index in [9.17, 15) is 4.79 Å². The van der Waals surface area contributed by atoms with Crippen molar-refractivity contribution in [3.05, 3.63) is 103 Å². The molecule has 4 aromatic carbocycles. The minimum atomic E-state index is -0.125. The van der Waals surface area contributed by atoms with E-state index in [-0.39, 0.29) is 31.6 Å². The summed E-state index contributed by atoms with van der Waals surface area (Å²) in [7, 11) is 0. The minimum absolute atomic E-state index is 0. The van der Waals surface area contributed by atoms with Crippen molar-refractivity contribution in [2.45, 2.75) is 13.8 Å². The second kappa shape index (κ2) is 9.78. The molecule has 0 saturated heterocycles. The van der Waals surface area contributed by atoms with Gasteiger partial charge in [0.15, 0.2) is 5.78 Å². The van der Waals surface area contributed by atoms with Gasteiger partial charge in [-0.3, -0.25) is 9.78 Å². The Labute approximate surface area is 227 Å². The van der Waals surface area contributed by atoms with Gasteiger partial charge in [0.25, 0.3) is 0 Å². The van der Waals surface area contributed by atoms with Crippen LogP contribution in [0.4, 0.5) is 0 Å². The molecule has 0 atom stereocenters. The van der Waals surface area contributed by atoms with E-state index < -0.39 is 0 Å². The van der Waals surface area contributed by atoms with Crippen LogP contribution in [0.1, 0.15) is 13.8 Å². The van der Waals surface area contributed by atoms with Crippen molar-refractivity contribution < 1.29 is 34.4 Å². The van der Waals surface area contributed by atoms with Crippen LogP contribution in [0.15, 0.2) is 101 Å². The summed E-state index contributed by atoms with van der Waals surface area (Å²) in [6.07, 6.45) is 1.17. The molecule has 1 aliphatic rings. The maximum atomic E-state index is 10.0. The maximum Gasteiger partial charge on any atom is 0.155 e. The van der Waals surface area contributed by atoms with Gasteiger partial charge in [0.2, 0.25) is 0 Å². The van der Waals surface area contributed by atoms with Crippen LogP contribution in [0.3, 0.4) is 0 Å². The number of furan rings is 1. The van der Waals surface area contributed by atoms with Crippen molar-refractivity contribution in [2.75, 3.05) is 0 Å². The van der Waals surface area contributed by atoms with E-state index in [1.165, 1.54) is 47.6 Å². The zero-order valence-corrected chi connectivity index (χ0v) is 22.6. The number of hydrogen-bond acceptors (Lipinski definition) is 4. The van der Waals surface area contributed by atoms with Crippen molar-refractivity contribution in [2.24, 2.45) is 0 Å². The average Bonchev–Trinajstić information content (AvgIpc) is 3.40. The monoisotopic (exact) mass is 661 g/mol. The molecule has 0 unspecified atom stereocenters. The van der Waals surface area contributed by atoms with Crippen molar-refractivity contribution in [1.29, 1.82) is 0 Å². The number of aromatic nitrogens is 1. The van der Waals surface area contributed by atoms with Gasteiger partial charge in [-0.05, 0) is 59.3 Å². The van der Waals surface area contributed by atoms with Gasteiger partial charge in [0.1, 0.15) is 5.58 Å². The number of allylic oxidation sites excluding steroid dienone is 2. The third-order valence-corrected chi connectivity index (χ3v) is 6.34. The summed E-state index contributed by atoms with van der Waals surface area (Å²) in [6, 6.07) is 32.8. The Hall–Kier alpha value is -4.05. The van der Waals surface area contributed by atoms with Crippen LogP contribution in [0.2, 0.25) is 0 Å². The van der Waals surface area contributed by atoms with Gasteiger partial charge in [0.05, 0.1) is 16.9 Å². The molecule has 5 heteroatoms. The Kier molecular flexibility index (Phi) is 6.51. The van der Waals surface area contributed by atoms with E-state index >= 15 is 0 Å². The van der Waals surface area contributed by atoms with E-state index in [1.54, 1.807) is 0 Å². The number of aliphatic hydroxyl groups is 1. The van der Waals surface area contributed by atoms with Gasteiger partial charge in [-0.1, -0.05) is 72.1 Å². The number of aliphatic hydroxyl groups excluding tert-OH is 1. The fraction of sp³-hybridized carbons (Fsp3) is 0.0625. The largest absolute Gasteiger partial charge is 0.512 e. The van der Waals surface area contributed by atoms with Crippen molar-refractivity contribution in [1.82, 2.24) is 4.98 Å². The molecule has 2 aromatic heterocycles. The molecule has 0 amide bonds. The van der Waals surface area contributed by atoms with E-state index in [0.29, 0.717) is 0 Å². The fourth-order valence-corrected chi connectivity index (χ4v) is 4.92. The molecule has 7 rings (SSSR count). The second-order valence-electron chi connectivity index (χ2n) is 8.92. The first-order chi connectivity index (χ1) is 17.5. The Bertz CT molecular complexity index is 1840. The quantitative estimate of drug-likeness (QED) is 0.115. The third kappa shape index (κ3) is 4.37. The fourth-order valence-electron chi connectivity index (χ4n) is 4.92. The number of ketones is 1. The molecule has 2 heterocycles. The smallest absolute Gasteiger partial charge is 0.155 e. The van der Waals surface area contributed by atoms with Gasteiger partial charge in [-0.25, -0.2) is 0 Å². The number of pyridine rings is 1. The van der Waals surface area contributed by atoms with Gasteiger partial charge >= 0.3 is 0 Å². The molecule has 1 radical (unpaired) electrons. The number of nitrogens with zero attached hydrogens (tertiary/aromatic N) is 1. The summed E-state index contributed by atoms with van der Waals surface area (Å²) >= 11 is 0. The molecule has 37 heavy (non-hydrogen) atoms. The molecular weight excluding hydrogens is 639 g/mol. The Morgan fingerprint density at radius 2 is 1.54 bits per heavy atom. The van der Waals surface area contributed by atoms with Crippen LogP contribution in [-0.2, 0) is 24.9 Å². The molecule has 1 aliphatic carbocycles. The van der Waals surface area contributed by atoms with E-state index in [2.05, 4.69) is 66.7 Å². The summed E-state index contributed by atoms with van der Waals surface area (Å²) in [5.41, 5.74) is 9.72. The number of rotatable bonds is 2. The predicted molar refractivity (Wildman–Crippen MR) is 145 cm³/mol. The average molecular weight is 661 g/mol. The predicted octanol–water partition coefficient (Wildman–Crippen LogP) is 8.28. The van der Waals surface area contributed by atoms with Gasteiger partial charge in [0, 0.05) is 31.6 Å². The molecule has 0 spiro atoms. The first-order valence-corrected chi connectivity index (χ1v) is 11.7. The van der Waals surface area contributed by atoms with Gasteiger partial charge in [-0.15, -0.1) is 17.7 Å². The van der Waals surface area contributed by atoms with Crippen molar-refractivity contribution >= 4 is 38.6 Å². The maximum absolute atomic E-state index is 10.0. The standard InChI is InChI=1S/C27H14NO.C5H8O2.Ir/c1-2-7-18-17(6-1)21-9-5-10-23-27(21)22(18)15-24(28-23)16-12-13-20-19-8-3-4-11-25(19)29-26(20)14-16;1-4(6)3-5(2)7;/h1-11,13-15H;3,6H,1-2H3;/q-1;;.